The Labute approximate surface area is 164 Å². The van der Waals surface area contributed by atoms with E-state index in [1.54, 1.807) is 6.20 Å². The van der Waals surface area contributed by atoms with Crippen molar-refractivity contribution >= 4 is 29.1 Å². The molecule has 0 aliphatic carbocycles. The maximum atomic E-state index is 12.3. The molecular formula is C20H24ClN5O. The van der Waals surface area contributed by atoms with E-state index in [1.807, 2.05) is 16.8 Å². The zero-order valence-electron chi connectivity index (χ0n) is 15.1. The van der Waals surface area contributed by atoms with Gasteiger partial charge in [-0.25, -0.2) is 4.68 Å². The first-order valence-electron chi connectivity index (χ1n) is 9.18. The van der Waals surface area contributed by atoms with Crippen LogP contribution >= 0.6 is 12.4 Å². The Kier molecular flexibility index (Phi) is 6.42. The van der Waals surface area contributed by atoms with Gasteiger partial charge in [0.05, 0.1) is 12.2 Å². The molecule has 1 saturated heterocycles. The number of nitrogens with one attached hydrogen (secondary N) is 2. The van der Waals surface area contributed by atoms with Crippen molar-refractivity contribution in [1.29, 1.82) is 0 Å². The Hall–Kier alpha value is -2.44. The second kappa shape index (κ2) is 8.97. The van der Waals surface area contributed by atoms with Crippen molar-refractivity contribution in [3.63, 3.8) is 0 Å². The Morgan fingerprint density at radius 1 is 1.15 bits per heavy atom. The van der Waals surface area contributed by atoms with Crippen LogP contribution in [0.4, 0.5) is 0 Å². The van der Waals surface area contributed by atoms with Crippen LogP contribution in [0.5, 0.6) is 0 Å². The summed E-state index contributed by atoms with van der Waals surface area (Å²) in [7, 11) is 0. The van der Waals surface area contributed by atoms with E-state index < -0.39 is 0 Å². The second-order valence-electron chi connectivity index (χ2n) is 6.75. The van der Waals surface area contributed by atoms with E-state index in [4.69, 9.17) is 0 Å². The summed E-state index contributed by atoms with van der Waals surface area (Å²) >= 11 is 0. The van der Waals surface area contributed by atoms with Crippen LogP contribution in [0.25, 0.3) is 10.8 Å². The molecule has 27 heavy (non-hydrogen) atoms. The number of aromatic nitrogens is 3. The highest BCUT2D eigenvalue weighted by molar-refractivity contribution is 5.91. The fourth-order valence-corrected chi connectivity index (χ4v) is 3.44. The lowest BCUT2D eigenvalue weighted by atomic mass is 10.1. The number of rotatable bonds is 5. The van der Waals surface area contributed by atoms with Gasteiger partial charge in [-0.15, -0.1) is 17.5 Å². The Balaban J connectivity index is 0.00000210. The molecule has 6 nitrogen and oxygen atoms in total. The monoisotopic (exact) mass is 385 g/mol. The van der Waals surface area contributed by atoms with E-state index in [9.17, 15) is 4.79 Å². The lowest BCUT2D eigenvalue weighted by molar-refractivity contribution is 0.0949. The van der Waals surface area contributed by atoms with E-state index in [0.29, 0.717) is 18.3 Å². The molecule has 0 bridgehead atoms. The van der Waals surface area contributed by atoms with Crippen molar-refractivity contribution in [2.75, 3.05) is 19.6 Å². The van der Waals surface area contributed by atoms with E-state index >= 15 is 0 Å². The number of amides is 1. The summed E-state index contributed by atoms with van der Waals surface area (Å²) < 4.78 is 1.83. The van der Waals surface area contributed by atoms with Gasteiger partial charge in [-0.3, -0.25) is 4.79 Å². The van der Waals surface area contributed by atoms with Crippen molar-refractivity contribution in [3.05, 3.63) is 59.9 Å². The number of carbonyl (C=O) groups is 1. The fraction of sp³-hybridized carbons (Fsp3) is 0.350. The normalized spacial score (nSPS) is 14.7. The molecule has 1 aliphatic rings. The van der Waals surface area contributed by atoms with Gasteiger partial charge < -0.3 is 10.6 Å². The van der Waals surface area contributed by atoms with Crippen molar-refractivity contribution in [3.8, 4) is 0 Å². The van der Waals surface area contributed by atoms with Crippen LogP contribution in [0.3, 0.4) is 0 Å². The highest BCUT2D eigenvalue weighted by atomic mass is 35.5. The van der Waals surface area contributed by atoms with Crippen LogP contribution in [0.2, 0.25) is 0 Å². The number of carbonyl (C=O) groups excluding carboxylic acids is 1. The summed E-state index contributed by atoms with van der Waals surface area (Å²) in [5.41, 5.74) is 1.60. The molecular weight excluding hydrogens is 362 g/mol. The van der Waals surface area contributed by atoms with Crippen molar-refractivity contribution in [2.24, 2.45) is 0 Å². The van der Waals surface area contributed by atoms with E-state index in [2.05, 4.69) is 51.3 Å². The molecule has 0 atom stereocenters. The van der Waals surface area contributed by atoms with Crippen LogP contribution in [0, 0.1) is 0 Å². The number of benzene rings is 2. The smallest absolute Gasteiger partial charge is 0.273 e. The van der Waals surface area contributed by atoms with Gasteiger partial charge in [0, 0.05) is 6.54 Å². The van der Waals surface area contributed by atoms with Gasteiger partial charge in [0.1, 0.15) is 0 Å². The maximum Gasteiger partial charge on any atom is 0.273 e. The third-order valence-corrected chi connectivity index (χ3v) is 4.94. The topological polar surface area (TPSA) is 71.8 Å². The minimum Gasteiger partial charge on any atom is -0.350 e. The number of hydrogen-bond donors (Lipinski definition) is 2. The number of fused-ring (bicyclic) bond motifs is 1. The highest BCUT2D eigenvalue weighted by Gasteiger charge is 2.18. The van der Waals surface area contributed by atoms with Crippen LogP contribution in [-0.4, -0.2) is 40.5 Å². The first-order chi connectivity index (χ1) is 12.8. The molecule has 3 aromatic rings. The summed E-state index contributed by atoms with van der Waals surface area (Å²) in [5.74, 6) is -0.161. The lowest BCUT2D eigenvalue weighted by Gasteiger charge is -2.22. The quantitative estimate of drug-likeness (QED) is 0.708. The second-order valence-corrected chi connectivity index (χ2v) is 6.75. The van der Waals surface area contributed by atoms with Gasteiger partial charge >= 0.3 is 0 Å². The predicted octanol–water partition coefficient (Wildman–Crippen LogP) is 2.75. The minimum absolute atomic E-state index is 0. The zero-order valence-corrected chi connectivity index (χ0v) is 15.9. The Morgan fingerprint density at radius 2 is 1.93 bits per heavy atom. The molecule has 0 radical (unpaired) electrons. The average Bonchev–Trinajstić information content (AvgIpc) is 3.19. The molecule has 0 saturated carbocycles. The molecule has 2 N–H and O–H groups in total. The van der Waals surface area contributed by atoms with Crippen LogP contribution < -0.4 is 10.6 Å². The first-order valence-corrected chi connectivity index (χ1v) is 9.18. The van der Waals surface area contributed by atoms with Crippen molar-refractivity contribution in [1.82, 2.24) is 25.6 Å². The third-order valence-electron chi connectivity index (χ3n) is 4.94. The van der Waals surface area contributed by atoms with Gasteiger partial charge in [0.25, 0.3) is 5.91 Å². The molecule has 142 valence electrons. The van der Waals surface area contributed by atoms with Gasteiger partial charge in [-0.05, 0) is 48.7 Å². The summed E-state index contributed by atoms with van der Waals surface area (Å²) in [6.45, 7) is 2.55. The summed E-state index contributed by atoms with van der Waals surface area (Å²) in [4.78, 5) is 12.3. The summed E-state index contributed by atoms with van der Waals surface area (Å²) in [5, 5.41) is 16.9. The maximum absolute atomic E-state index is 12.3. The van der Waals surface area contributed by atoms with Crippen LogP contribution in [-0.2, 0) is 6.42 Å². The van der Waals surface area contributed by atoms with Gasteiger partial charge in [-0.1, -0.05) is 47.7 Å². The SMILES string of the molecule is Cl.O=C(NCCc1ccc2ccccc2c1)c1cn(C2CCNCC2)nn1. The largest absolute Gasteiger partial charge is 0.350 e. The number of halogens is 1. The van der Waals surface area contributed by atoms with Crippen molar-refractivity contribution < 1.29 is 4.79 Å². The van der Waals surface area contributed by atoms with E-state index in [-0.39, 0.29) is 18.3 Å². The molecule has 2 heterocycles. The minimum atomic E-state index is -0.161. The van der Waals surface area contributed by atoms with Gasteiger partial charge in [-0.2, -0.15) is 0 Å². The average molecular weight is 386 g/mol. The van der Waals surface area contributed by atoms with Crippen LogP contribution in [0.15, 0.2) is 48.7 Å². The summed E-state index contributed by atoms with van der Waals surface area (Å²) in [6, 6.07) is 15.0. The molecule has 0 spiro atoms. The number of hydrogen-bond acceptors (Lipinski definition) is 4. The molecule has 1 fully saturated rings. The highest BCUT2D eigenvalue weighted by Crippen LogP contribution is 2.17. The van der Waals surface area contributed by atoms with Gasteiger partial charge in [0.2, 0.25) is 0 Å². The Morgan fingerprint density at radius 3 is 2.74 bits per heavy atom. The summed E-state index contributed by atoms with van der Waals surface area (Å²) in [6.07, 6.45) is 4.60. The molecule has 4 rings (SSSR count). The molecule has 0 unspecified atom stereocenters. The Bertz CT molecular complexity index is 904. The molecule has 7 heteroatoms. The standard InChI is InChI=1S/C20H23N5O.ClH/c26-20(19-14-25(24-23-19)18-8-10-21-11-9-18)22-12-7-15-5-6-16-3-1-2-4-17(16)13-15;/h1-6,13-14,18,21H,7-12H2,(H,22,26);1H. The van der Waals surface area contributed by atoms with Gasteiger partial charge in [0.15, 0.2) is 5.69 Å². The fourth-order valence-electron chi connectivity index (χ4n) is 3.44. The first kappa shape index (κ1) is 19.3. The molecule has 1 aliphatic heterocycles. The molecule has 1 amide bonds. The molecule has 1 aromatic heterocycles. The lowest BCUT2D eigenvalue weighted by Crippen LogP contribution is -2.29. The van der Waals surface area contributed by atoms with E-state index in [0.717, 1.165) is 32.4 Å². The van der Waals surface area contributed by atoms with Crippen LogP contribution in [0.1, 0.15) is 34.9 Å². The molecule has 2 aromatic carbocycles. The third kappa shape index (κ3) is 4.64. The number of piperidine rings is 1. The van der Waals surface area contributed by atoms with E-state index in [1.165, 1.54) is 16.3 Å². The zero-order chi connectivity index (χ0) is 17.8. The predicted molar refractivity (Wildman–Crippen MR) is 108 cm³/mol. The van der Waals surface area contributed by atoms with Crippen molar-refractivity contribution in [2.45, 2.75) is 25.3 Å². The number of nitrogens with zero attached hydrogens (tertiary/aromatic N) is 3.